The van der Waals surface area contributed by atoms with E-state index in [9.17, 15) is 4.79 Å². The van der Waals surface area contributed by atoms with Gasteiger partial charge in [0.15, 0.2) is 0 Å². The summed E-state index contributed by atoms with van der Waals surface area (Å²) in [6.45, 7) is 3.93. The van der Waals surface area contributed by atoms with E-state index in [1.807, 2.05) is 25.1 Å². The van der Waals surface area contributed by atoms with Crippen LogP contribution in [0.2, 0.25) is 0 Å². The summed E-state index contributed by atoms with van der Waals surface area (Å²) >= 11 is 0. The number of ether oxygens (including phenoxy) is 1. The van der Waals surface area contributed by atoms with Gasteiger partial charge in [-0.1, -0.05) is 0 Å². The van der Waals surface area contributed by atoms with E-state index in [0.29, 0.717) is 23.8 Å². The van der Waals surface area contributed by atoms with E-state index in [4.69, 9.17) is 4.74 Å². The number of rotatable bonds is 4. The fraction of sp³-hybridized carbons (Fsp3) is 0.176. The van der Waals surface area contributed by atoms with Crippen LogP contribution in [0.3, 0.4) is 0 Å². The average Bonchev–Trinajstić information content (AvgIpc) is 3.20. The zero-order valence-electron chi connectivity index (χ0n) is 13.8. The fourth-order valence-corrected chi connectivity index (χ4v) is 2.83. The molecule has 0 fully saturated rings. The molecule has 0 amide bonds. The smallest absolute Gasteiger partial charge is 0.355 e. The average molecular weight is 336 g/mol. The largest absolute Gasteiger partial charge is 0.461 e. The van der Waals surface area contributed by atoms with Gasteiger partial charge >= 0.3 is 5.97 Å². The van der Waals surface area contributed by atoms with Gasteiger partial charge in [0, 0.05) is 11.1 Å². The molecule has 8 nitrogen and oxygen atoms in total. The number of nitrogens with zero attached hydrogens (tertiary/aromatic N) is 3. The van der Waals surface area contributed by atoms with Gasteiger partial charge in [-0.2, -0.15) is 5.10 Å². The maximum absolute atomic E-state index is 12.1. The molecule has 0 saturated carbocycles. The summed E-state index contributed by atoms with van der Waals surface area (Å²) in [7, 11) is 0. The van der Waals surface area contributed by atoms with Gasteiger partial charge in [0.2, 0.25) is 0 Å². The number of esters is 1. The maximum Gasteiger partial charge on any atom is 0.355 e. The summed E-state index contributed by atoms with van der Waals surface area (Å²) in [4.78, 5) is 23.7. The molecule has 25 heavy (non-hydrogen) atoms. The molecule has 0 saturated heterocycles. The number of H-pyrrole nitrogens is 2. The first-order valence-electron chi connectivity index (χ1n) is 7.88. The summed E-state index contributed by atoms with van der Waals surface area (Å²) in [5.41, 5.74) is 3.56. The van der Waals surface area contributed by atoms with Crippen molar-refractivity contribution in [2.45, 2.75) is 13.8 Å². The van der Waals surface area contributed by atoms with Crippen LogP contribution in [0.1, 0.15) is 23.0 Å². The highest BCUT2D eigenvalue weighted by molar-refractivity contribution is 6.01. The number of aromatic amines is 2. The Morgan fingerprint density at radius 1 is 1.32 bits per heavy atom. The van der Waals surface area contributed by atoms with Crippen LogP contribution in [-0.4, -0.2) is 37.7 Å². The molecule has 4 aromatic rings. The second kappa shape index (κ2) is 5.90. The van der Waals surface area contributed by atoms with Gasteiger partial charge in [-0.05, 0) is 37.6 Å². The van der Waals surface area contributed by atoms with Crippen molar-refractivity contribution >= 4 is 39.4 Å². The first kappa shape index (κ1) is 15.1. The molecular formula is C17H16N6O2. The number of hydrogen-bond donors (Lipinski definition) is 3. The van der Waals surface area contributed by atoms with Gasteiger partial charge in [0.25, 0.3) is 0 Å². The van der Waals surface area contributed by atoms with Crippen LogP contribution in [0.25, 0.3) is 21.9 Å². The van der Waals surface area contributed by atoms with Crippen molar-refractivity contribution in [1.29, 1.82) is 0 Å². The second-order valence-corrected chi connectivity index (χ2v) is 5.59. The molecule has 8 heteroatoms. The Balaban J connectivity index is 1.77. The maximum atomic E-state index is 12.1. The number of aryl methyl sites for hydroxylation is 1. The first-order chi connectivity index (χ1) is 12.2. The number of aromatic nitrogens is 5. The van der Waals surface area contributed by atoms with Crippen LogP contribution >= 0.6 is 0 Å². The van der Waals surface area contributed by atoms with Gasteiger partial charge in [0.05, 0.1) is 23.7 Å². The molecule has 0 aliphatic heterocycles. The van der Waals surface area contributed by atoms with Crippen molar-refractivity contribution in [1.82, 2.24) is 25.1 Å². The Kier molecular flexibility index (Phi) is 3.57. The summed E-state index contributed by atoms with van der Waals surface area (Å²) < 4.78 is 5.09. The fourth-order valence-electron chi connectivity index (χ4n) is 2.83. The highest BCUT2D eigenvalue weighted by Gasteiger charge is 2.19. The molecule has 0 atom stereocenters. The van der Waals surface area contributed by atoms with Crippen LogP contribution in [0.5, 0.6) is 0 Å². The molecule has 3 N–H and O–H groups in total. The quantitative estimate of drug-likeness (QED) is 0.494. The summed E-state index contributed by atoms with van der Waals surface area (Å²) in [6, 6.07) is 5.85. The molecule has 4 rings (SSSR count). The molecule has 3 heterocycles. The Bertz CT molecular complexity index is 1080. The lowest BCUT2D eigenvalue weighted by Gasteiger charge is -2.07. The van der Waals surface area contributed by atoms with Crippen LogP contribution in [0.4, 0.5) is 11.5 Å². The lowest BCUT2D eigenvalue weighted by molar-refractivity contribution is 0.0519. The third-order valence-corrected chi connectivity index (χ3v) is 4.02. The molecule has 0 spiro atoms. The van der Waals surface area contributed by atoms with E-state index in [1.165, 1.54) is 6.33 Å². The third kappa shape index (κ3) is 2.57. The summed E-state index contributed by atoms with van der Waals surface area (Å²) in [5.74, 6) is 0.223. The molecule has 3 aromatic heterocycles. The molecule has 126 valence electrons. The number of benzene rings is 1. The van der Waals surface area contributed by atoms with E-state index < -0.39 is 5.97 Å². The Morgan fingerprint density at radius 3 is 3.04 bits per heavy atom. The van der Waals surface area contributed by atoms with E-state index in [2.05, 4.69) is 30.5 Å². The zero-order chi connectivity index (χ0) is 17.4. The monoisotopic (exact) mass is 336 g/mol. The minimum atomic E-state index is -0.399. The molecule has 0 unspecified atom stereocenters. The second-order valence-electron chi connectivity index (χ2n) is 5.59. The first-order valence-corrected chi connectivity index (χ1v) is 7.88. The summed E-state index contributed by atoms with van der Waals surface area (Å²) in [6.07, 6.45) is 3.21. The van der Waals surface area contributed by atoms with E-state index in [1.54, 1.807) is 13.1 Å². The number of anilines is 2. The number of hydrogen-bond acceptors (Lipinski definition) is 6. The number of fused-ring (bicyclic) bond motifs is 2. The zero-order valence-corrected chi connectivity index (χ0v) is 13.8. The Hall–Kier alpha value is -3.42. The lowest BCUT2D eigenvalue weighted by atomic mass is 10.2. The molecule has 1 aromatic carbocycles. The van der Waals surface area contributed by atoms with Gasteiger partial charge in [-0.25, -0.2) is 14.8 Å². The van der Waals surface area contributed by atoms with Gasteiger partial charge in [0.1, 0.15) is 23.5 Å². The van der Waals surface area contributed by atoms with Crippen molar-refractivity contribution in [3.8, 4) is 0 Å². The van der Waals surface area contributed by atoms with Gasteiger partial charge in [-0.3, -0.25) is 5.10 Å². The normalized spacial score (nSPS) is 11.1. The third-order valence-electron chi connectivity index (χ3n) is 4.02. The van der Waals surface area contributed by atoms with Crippen molar-refractivity contribution in [3.63, 3.8) is 0 Å². The predicted molar refractivity (Wildman–Crippen MR) is 94.0 cm³/mol. The van der Waals surface area contributed by atoms with Crippen molar-refractivity contribution < 1.29 is 9.53 Å². The van der Waals surface area contributed by atoms with E-state index >= 15 is 0 Å². The Morgan fingerprint density at radius 2 is 2.20 bits per heavy atom. The highest BCUT2D eigenvalue weighted by atomic mass is 16.5. The predicted octanol–water partition coefficient (Wildman–Crippen LogP) is 3.06. The Labute approximate surface area is 142 Å². The van der Waals surface area contributed by atoms with Crippen LogP contribution in [0, 0.1) is 6.92 Å². The number of nitrogens with one attached hydrogen (secondary N) is 3. The van der Waals surface area contributed by atoms with Crippen molar-refractivity contribution in [2.24, 2.45) is 0 Å². The highest BCUT2D eigenvalue weighted by Crippen LogP contribution is 2.29. The molecular weight excluding hydrogens is 320 g/mol. The van der Waals surface area contributed by atoms with Gasteiger partial charge in [-0.15, -0.1) is 0 Å². The topological polar surface area (TPSA) is 109 Å². The molecule has 0 bridgehead atoms. The summed E-state index contributed by atoms with van der Waals surface area (Å²) in [5, 5.41) is 12.0. The van der Waals surface area contributed by atoms with Crippen LogP contribution in [0.15, 0.2) is 30.7 Å². The molecule has 0 aliphatic rings. The lowest BCUT2D eigenvalue weighted by Crippen LogP contribution is -2.06. The molecule has 0 aliphatic carbocycles. The van der Waals surface area contributed by atoms with Gasteiger partial charge < -0.3 is 15.0 Å². The SMILES string of the molecule is CCOC(=O)c1[nH]c2ncnc(Nc3ccc4[nH]ncc4c3)c2c1C. The van der Waals surface area contributed by atoms with E-state index in [-0.39, 0.29) is 0 Å². The minimum Gasteiger partial charge on any atom is -0.461 e. The standard InChI is InChI=1S/C17H16N6O2/c1-3-25-17(24)14-9(2)13-15(18-8-19-16(13)22-14)21-11-4-5-12-10(6-11)7-20-23-12/h4-8H,3H2,1-2H3,(H,20,23)(H2,18,19,21,22). The molecule has 0 radical (unpaired) electrons. The minimum absolute atomic E-state index is 0.315. The van der Waals surface area contributed by atoms with Crippen LogP contribution in [-0.2, 0) is 4.74 Å². The van der Waals surface area contributed by atoms with Crippen molar-refractivity contribution in [2.75, 3.05) is 11.9 Å². The number of carbonyl (C=O) groups excluding carboxylic acids is 1. The van der Waals surface area contributed by atoms with E-state index in [0.717, 1.165) is 27.5 Å². The van der Waals surface area contributed by atoms with Crippen molar-refractivity contribution in [3.05, 3.63) is 42.0 Å². The van der Waals surface area contributed by atoms with Crippen LogP contribution < -0.4 is 5.32 Å². The number of carbonyl (C=O) groups is 1.